The van der Waals surface area contributed by atoms with Gasteiger partial charge in [-0.05, 0) is 55.5 Å². The topological polar surface area (TPSA) is 102 Å². The first kappa shape index (κ1) is 23.3. The zero-order valence-electron chi connectivity index (χ0n) is 17.4. The van der Waals surface area contributed by atoms with Gasteiger partial charge in [0.15, 0.2) is 5.78 Å². The minimum atomic E-state index is -3.97. The molecule has 0 saturated heterocycles. The van der Waals surface area contributed by atoms with Crippen LogP contribution in [0.15, 0.2) is 76.5 Å². The number of amides is 1. The van der Waals surface area contributed by atoms with Crippen molar-refractivity contribution in [1.29, 1.82) is 0 Å². The van der Waals surface area contributed by atoms with E-state index in [0.29, 0.717) is 17.0 Å². The van der Waals surface area contributed by atoms with E-state index in [1.54, 1.807) is 42.5 Å². The summed E-state index contributed by atoms with van der Waals surface area (Å²) in [5, 5.41) is 5.55. The Kier molecular flexibility index (Phi) is 7.17. The van der Waals surface area contributed by atoms with E-state index >= 15 is 0 Å². The quantitative estimate of drug-likeness (QED) is 0.470. The van der Waals surface area contributed by atoms with Crippen molar-refractivity contribution in [1.82, 2.24) is 0 Å². The molecule has 0 saturated carbocycles. The Balaban J connectivity index is 1.81. The highest BCUT2D eigenvalue weighted by atomic mass is 35.5. The molecule has 9 heteroatoms. The van der Waals surface area contributed by atoms with Gasteiger partial charge < -0.3 is 15.4 Å². The third-order valence-corrected chi connectivity index (χ3v) is 6.89. The maximum absolute atomic E-state index is 13.2. The zero-order valence-corrected chi connectivity index (χ0v) is 19.0. The van der Waals surface area contributed by atoms with Gasteiger partial charge in [-0.3, -0.25) is 9.59 Å². The monoisotopic (exact) mass is 472 g/mol. The van der Waals surface area contributed by atoms with Crippen molar-refractivity contribution in [3.63, 3.8) is 0 Å². The number of methoxy groups -OCH3 is 1. The molecule has 166 valence electrons. The second-order valence-corrected chi connectivity index (χ2v) is 9.13. The van der Waals surface area contributed by atoms with Crippen molar-refractivity contribution >= 4 is 44.5 Å². The van der Waals surface area contributed by atoms with Crippen LogP contribution in [-0.4, -0.2) is 33.8 Å². The van der Waals surface area contributed by atoms with Crippen molar-refractivity contribution in [3.05, 3.63) is 77.3 Å². The number of halogens is 1. The average molecular weight is 473 g/mol. The Labute approximate surface area is 191 Å². The van der Waals surface area contributed by atoms with E-state index in [2.05, 4.69) is 10.6 Å². The molecule has 0 aliphatic rings. The highest BCUT2D eigenvalue weighted by molar-refractivity contribution is 7.91. The van der Waals surface area contributed by atoms with Crippen LogP contribution in [0.3, 0.4) is 0 Å². The molecule has 0 atom stereocenters. The van der Waals surface area contributed by atoms with Crippen LogP contribution in [0, 0.1) is 0 Å². The average Bonchev–Trinajstić information content (AvgIpc) is 2.77. The Morgan fingerprint density at radius 2 is 1.69 bits per heavy atom. The lowest BCUT2D eigenvalue weighted by molar-refractivity contribution is -0.114. The minimum Gasteiger partial charge on any atom is -0.497 e. The first-order chi connectivity index (χ1) is 15.2. The molecule has 32 heavy (non-hydrogen) atoms. The van der Waals surface area contributed by atoms with E-state index in [4.69, 9.17) is 16.3 Å². The fourth-order valence-corrected chi connectivity index (χ4v) is 4.95. The van der Waals surface area contributed by atoms with Gasteiger partial charge in [-0.2, -0.15) is 0 Å². The highest BCUT2D eigenvalue weighted by Gasteiger charge is 2.25. The number of hydrogen-bond acceptors (Lipinski definition) is 6. The van der Waals surface area contributed by atoms with E-state index in [-0.39, 0.29) is 32.8 Å². The standard InChI is InChI=1S/C23H21ClN2O5S/c1-15(27)16-5-3-6-17(13-16)26-22(28)14-25-21-8-4-7-20(24)23(21)32(29,30)19-11-9-18(31-2)10-12-19/h3-13,25H,14H2,1-2H3,(H,26,28). The molecule has 2 N–H and O–H groups in total. The van der Waals surface area contributed by atoms with E-state index in [1.165, 1.54) is 38.3 Å². The molecule has 3 rings (SSSR count). The second kappa shape index (κ2) is 9.84. The number of Topliss-reactive ketones (excluding diaryl/α,β-unsaturated/α-hetero) is 1. The summed E-state index contributed by atoms with van der Waals surface area (Å²) in [6.45, 7) is 1.22. The van der Waals surface area contributed by atoms with Crippen LogP contribution in [0.5, 0.6) is 5.75 Å². The number of ketones is 1. The number of hydrogen-bond donors (Lipinski definition) is 2. The highest BCUT2D eigenvalue weighted by Crippen LogP contribution is 2.34. The number of anilines is 2. The molecule has 0 unspecified atom stereocenters. The van der Waals surface area contributed by atoms with Gasteiger partial charge in [-0.25, -0.2) is 8.42 Å². The summed E-state index contributed by atoms with van der Waals surface area (Å²) in [6, 6.07) is 17.1. The molecular weight excluding hydrogens is 452 g/mol. The smallest absolute Gasteiger partial charge is 0.243 e. The van der Waals surface area contributed by atoms with Crippen molar-refractivity contribution in [3.8, 4) is 5.75 Å². The SMILES string of the molecule is COc1ccc(S(=O)(=O)c2c(Cl)cccc2NCC(=O)Nc2cccc(C(C)=O)c2)cc1. The normalized spacial score (nSPS) is 11.0. The molecule has 0 bridgehead atoms. The summed E-state index contributed by atoms with van der Waals surface area (Å²) in [5.41, 5.74) is 1.13. The van der Waals surface area contributed by atoms with Crippen LogP contribution in [0.1, 0.15) is 17.3 Å². The summed E-state index contributed by atoms with van der Waals surface area (Å²) in [5.74, 6) is -0.0167. The van der Waals surface area contributed by atoms with Gasteiger partial charge in [0.2, 0.25) is 15.7 Å². The third-order valence-electron chi connectivity index (χ3n) is 4.60. The first-order valence-corrected chi connectivity index (χ1v) is 11.4. The van der Waals surface area contributed by atoms with E-state index in [9.17, 15) is 18.0 Å². The van der Waals surface area contributed by atoms with Crippen LogP contribution in [0.25, 0.3) is 0 Å². The Hall–Kier alpha value is -3.36. The summed E-state index contributed by atoms with van der Waals surface area (Å²) in [6.07, 6.45) is 0. The molecule has 3 aromatic carbocycles. The van der Waals surface area contributed by atoms with Gasteiger partial charge in [0.25, 0.3) is 0 Å². The van der Waals surface area contributed by atoms with Crippen LogP contribution < -0.4 is 15.4 Å². The summed E-state index contributed by atoms with van der Waals surface area (Å²) < 4.78 is 31.5. The lowest BCUT2D eigenvalue weighted by Crippen LogP contribution is -2.22. The number of benzene rings is 3. The molecule has 0 fully saturated rings. The minimum absolute atomic E-state index is 0.0281. The zero-order chi connectivity index (χ0) is 23.3. The number of ether oxygens (including phenoxy) is 1. The van der Waals surface area contributed by atoms with Crippen LogP contribution >= 0.6 is 11.6 Å². The molecule has 1 amide bonds. The summed E-state index contributed by atoms with van der Waals surface area (Å²) in [4.78, 5) is 23.8. The second-order valence-electron chi connectivity index (χ2n) is 6.83. The summed E-state index contributed by atoms with van der Waals surface area (Å²) >= 11 is 6.24. The third kappa shape index (κ3) is 5.27. The van der Waals surface area contributed by atoms with E-state index in [0.717, 1.165) is 0 Å². The molecule has 0 aliphatic heterocycles. The molecule has 0 aliphatic carbocycles. The Morgan fingerprint density at radius 3 is 2.34 bits per heavy atom. The predicted octanol–water partition coefficient (Wildman–Crippen LogP) is 4.43. The molecule has 7 nitrogen and oxygen atoms in total. The number of rotatable bonds is 8. The van der Waals surface area contributed by atoms with Crippen molar-refractivity contribution in [2.75, 3.05) is 24.3 Å². The molecule has 0 radical (unpaired) electrons. The number of carbonyl (C=O) groups is 2. The van der Waals surface area contributed by atoms with E-state index in [1.807, 2.05) is 0 Å². The predicted molar refractivity (Wildman–Crippen MR) is 123 cm³/mol. The summed E-state index contributed by atoms with van der Waals surface area (Å²) in [7, 11) is -2.48. The fraction of sp³-hybridized carbons (Fsp3) is 0.130. The van der Waals surface area contributed by atoms with Gasteiger partial charge in [0, 0.05) is 11.3 Å². The Morgan fingerprint density at radius 1 is 1.00 bits per heavy atom. The number of sulfone groups is 1. The lowest BCUT2D eigenvalue weighted by Gasteiger charge is -2.15. The maximum Gasteiger partial charge on any atom is 0.243 e. The maximum atomic E-state index is 13.2. The number of nitrogens with one attached hydrogen (secondary N) is 2. The molecule has 0 spiro atoms. The molecule has 0 aromatic heterocycles. The molecule has 3 aromatic rings. The van der Waals surface area contributed by atoms with Gasteiger partial charge >= 0.3 is 0 Å². The van der Waals surface area contributed by atoms with Crippen molar-refractivity contribution in [2.45, 2.75) is 16.7 Å². The molecule has 0 heterocycles. The van der Waals surface area contributed by atoms with Crippen LogP contribution in [0.4, 0.5) is 11.4 Å². The fourth-order valence-electron chi connectivity index (χ4n) is 2.99. The largest absolute Gasteiger partial charge is 0.497 e. The van der Waals surface area contributed by atoms with Crippen LogP contribution in [0.2, 0.25) is 5.02 Å². The number of carbonyl (C=O) groups excluding carboxylic acids is 2. The van der Waals surface area contributed by atoms with Gasteiger partial charge in [-0.1, -0.05) is 29.8 Å². The van der Waals surface area contributed by atoms with Crippen LogP contribution in [-0.2, 0) is 14.6 Å². The Bertz CT molecular complexity index is 1260. The van der Waals surface area contributed by atoms with Gasteiger partial charge in [0.05, 0.1) is 29.3 Å². The van der Waals surface area contributed by atoms with Gasteiger partial charge in [0.1, 0.15) is 10.6 Å². The molecular formula is C23H21ClN2O5S. The first-order valence-electron chi connectivity index (χ1n) is 9.55. The van der Waals surface area contributed by atoms with Crippen molar-refractivity contribution in [2.24, 2.45) is 0 Å². The lowest BCUT2D eigenvalue weighted by atomic mass is 10.1. The van der Waals surface area contributed by atoms with E-state index < -0.39 is 15.7 Å². The van der Waals surface area contributed by atoms with Crippen molar-refractivity contribution < 1.29 is 22.7 Å². The van der Waals surface area contributed by atoms with Gasteiger partial charge in [-0.15, -0.1) is 0 Å².